The van der Waals surface area contributed by atoms with Gasteiger partial charge in [-0.25, -0.2) is 0 Å². The highest BCUT2D eigenvalue weighted by atomic mass is 127. The summed E-state index contributed by atoms with van der Waals surface area (Å²) >= 11 is 0. The molecule has 0 spiro atoms. The van der Waals surface area contributed by atoms with Crippen LogP contribution in [0.4, 0.5) is 0 Å². The quantitative estimate of drug-likeness (QED) is 0.325. The molecule has 1 atom stereocenters. The van der Waals surface area contributed by atoms with Crippen molar-refractivity contribution in [1.29, 1.82) is 0 Å². The second-order valence-corrected chi connectivity index (χ2v) is 8.04. The Hall–Kier alpha value is -2.13. The predicted molar refractivity (Wildman–Crippen MR) is 137 cm³/mol. The summed E-state index contributed by atoms with van der Waals surface area (Å²) in [7, 11) is 3.86. The van der Waals surface area contributed by atoms with Crippen LogP contribution in [0.2, 0.25) is 0 Å². The number of benzene rings is 2. The number of amides is 1. The molecule has 1 unspecified atom stereocenters. The van der Waals surface area contributed by atoms with Crippen molar-refractivity contribution in [3.63, 3.8) is 0 Å². The fraction of sp³-hybridized carbons (Fsp3) is 0.417. The van der Waals surface area contributed by atoms with Crippen molar-refractivity contribution in [1.82, 2.24) is 15.1 Å². The van der Waals surface area contributed by atoms with E-state index in [1.54, 1.807) is 0 Å². The standard InChI is InChI=1S/C24H33N5O.HI/c1-26-24(28(2)16-19-8-4-3-5-9-19)27-15-20-10-6-11-21(14-20)17-29-13-7-12-22(18-29)23(25)30;/h3-6,8-11,14,22H,7,12-13,15-18H2,1-2H3,(H2,25,30)(H,26,27);1H. The zero-order valence-corrected chi connectivity index (χ0v) is 20.8. The molecule has 0 radical (unpaired) electrons. The van der Waals surface area contributed by atoms with Crippen LogP contribution in [0.15, 0.2) is 59.6 Å². The normalized spacial score (nSPS) is 17.0. The minimum atomic E-state index is -0.177. The molecule has 3 rings (SSSR count). The number of primary amides is 1. The van der Waals surface area contributed by atoms with Crippen molar-refractivity contribution in [2.75, 3.05) is 27.2 Å². The summed E-state index contributed by atoms with van der Waals surface area (Å²) in [4.78, 5) is 20.4. The average molecular weight is 535 g/mol. The van der Waals surface area contributed by atoms with Crippen LogP contribution in [0, 0.1) is 5.92 Å². The first kappa shape index (κ1) is 25.1. The fourth-order valence-corrected chi connectivity index (χ4v) is 4.03. The Morgan fingerprint density at radius 1 is 1.16 bits per heavy atom. The number of piperidine rings is 1. The largest absolute Gasteiger partial charge is 0.369 e. The highest BCUT2D eigenvalue weighted by Crippen LogP contribution is 2.18. The molecule has 1 aliphatic heterocycles. The van der Waals surface area contributed by atoms with E-state index in [4.69, 9.17) is 5.73 Å². The molecule has 6 nitrogen and oxygen atoms in total. The first-order chi connectivity index (χ1) is 14.5. The van der Waals surface area contributed by atoms with Crippen molar-refractivity contribution in [2.24, 2.45) is 16.6 Å². The molecule has 1 saturated heterocycles. The molecule has 0 aromatic heterocycles. The number of nitrogens with two attached hydrogens (primary N) is 1. The molecular weight excluding hydrogens is 501 g/mol. The molecule has 0 aliphatic carbocycles. The van der Waals surface area contributed by atoms with E-state index in [2.05, 4.69) is 68.6 Å². The number of hydrogen-bond acceptors (Lipinski definition) is 3. The number of rotatable bonds is 7. The molecule has 1 aliphatic rings. The molecule has 0 bridgehead atoms. The van der Waals surface area contributed by atoms with E-state index in [9.17, 15) is 4.79 Å². The number of likely N-dealkylation sites (tertiary alicyclic amines) is 1. The minimum Gasteiger partial charge on any atom is -0.369 e. The maximum Gasteiger partial charge on any atom is 0.221 e. The van der Waals surface area contributed by atoms with Crippen molar-refractivity contribution in [3.05, 3.63) is 71.3 Å². The maximum absolute atomic E-state index is 11.5. The first-order valence-corrected chi connectivity index (χ1v) is 10.6. The van der Waals surface area contributed by atoms with E-state index in [1.807, 2.05) is 20.2 Å². The highest BCUT2D eigenvalue weighted by Gasteiger charge is 2.23. The van der Waals surface area contributed by atoms with Crippen molar-refractivity contribution >= 4 is 35.8 Å². The Balaban J connectivity index is 0.00000341. The zero-order chi connectivity index (χ0) is 21.3. The van der Waals surface area contributed by atoms with Gasteiger partial charge < -0.3 is 16.0 Å². The van der Waals surface area contributed by atoms with E-state index in [1.165, 1.54) is 16.7 Å². The number of nitrogens with zero attached hydrogens (tertiary/aromatic N) is 3. The summed E-state index contributed by atoms with van der Waals surface area (Å²) in [6.07, 6.45) is 1.93. The molecule has 1 heterocycles. The SMILES string of the molecule is CN=C(NCc1cccc(CN2CCCC(C(N)=O)C2)c1)N(C)Cc1ccccc1.I. The van der Waals surface area contributed by atoms with Crippen LogP contribution < -0.4 is 11.1 Å². The summed E-state index contributed by atoms with van der Waals surface area (Å²) in [6, 6.07) is 19.0. The average Bonchev–Trinajstić information content (AvgIpc) is 2.75. The summed E-state index contributed by atoms with van der Waals surface area (Å²) in [5.74, 6) is 0.667. The van der Waals surface area contributed by atoms with Crippen molar-refractivity contribution in [3.8, 4) is 0 Å². The number of carbonyl (C=O) groups is 1. The lowest BCUT2D eigenvalue weighted by Crippen LogP contribution is -2.40. The molecule has 1 fully saturated rings. The number of guanidine groups is 1. The van der Waals surface area contributed by atoms with E-state index in [0.717, 1.165) is 45.0 Å². The lowest BCUT2D eigenvalue weighted by molar-refractivity contribution is -0.123. The Morgan fingerprint density at radius 2 is 1.87 bits per heavy atom. The van der Waals surface area contributed by atoms with Crippen LogP contribution in [0.3, 0.4) is 0 Å². The van der Waals surface area contributed by atoms with Crippen molar-refractivity contribution < 1.29 is 4.79 Å². The molecule has 0 saturated carbocycles. The van der Waals surface area contributed by atoms with Crippen LogP contribution in [-0.2, 0) is 24.4 Å². The smallest absolute Gasteiger partial charge is 0.221 e. The Labute approximate surface area is 202 Å². The Bertz CT molecular complexity index is 858. The summed E-state index contributed by atoms with van der Waals surface area (Å²) < 4.78 is 0. The minimum absolute atomic E-state index is 0. The molecule has 31 heavy (non-hydrogen) atoms. The summed E-state index contributed by atoms with van der Waals surface area (Å²) in [6.45, 7) is 4.14. The molecular formula is C24H34IN5O. The van der Waals surface area contributed by atoms with Gasteiger partial charge in [-0.3, -0.25) is 14.7 Å². The third-order valence-corrected chi connectivity index (χ3v) is 5.59. The number of hydrogen-bond donors (Lipinski definition) is 2. The van der Waals surface area contributed by atoms with E-state index in [-0.39, 0.29) is 35.8 Å². The van der Waals surface area contributed by atoms with E-state index in [0.29, 0.717) is 6.54 Å². The maximum atomic E-state index is 11.5. The topological polar surface area (TPSA) is 74.0 Å². The van der Waals surface area contributed by atoms with Gasteiger partial charge in [-0.1, -0.05) is 54.6 Å². The van der Waals surface area contributed by atoms with E-state index < -0.39 is 0 Å². The van der Waals surface area contributed by atoms with Gasteiger partial charge in [0.05, 0.1) is 5.92 Å². The van der Waals surface area contributed by atoms with Gasteiger partial charge >= 0.3 is 0 Å². The van der Waals surface area contributed by atoms with Gasteiger partial charge in [0.25, 0.3) is 0 Å². The van der Waals surface area contributed by atoms with Crippen LogP contribution >= 0.6 is 24.0 Å². The number of aliphatic imine (C=N–C) groups is 1. The lowest BCUT2D eigenvalue weighted by Gasteiger charge is -2.31. The molecule has 2 aromatic carbocycles. The zero-order valence-electron chi connectivity index (χ0n) is 18.5. The molecule has 3 N–H and O–H groups in total. The first-order valence-electron chi connectivity index (χ1n) is 10.6. The van der Waals surface area contributed by atoms with Crippen LogP contribution in [0.25, 0.3) is 0 Å². The van der Waals surface area contributed by atoms with Gasteiger partial charge in [0.15, 0.2) is 5.96 Å². The van der Waals surface area contributed by atoms with E-state index >= 15 is 0 Å². The third-order valence-electron chi connectivity index (χ3n) is 5.59. The number of carbonyl (C=O) groups excluding carboxylic acids is 1. The lowest BCUT2D eigenvalue weighted by atomic mass is 9.97. The molecule has 7 heteroatoms. The highest BCUT2D eigenvalue weighted by molar-refractivity contribution is 14.0. The fourth-order valence-electron chi connectivity index (χ4n) is 4.03. The van der Waals surface area contributed by atoms with Gasteiger partial charge in [0.1, 0.15) is 0 Å². The third kappa shape index (κ3) is 7.81. The van der Waals surface area contributed by atoms with Gasteiger partial charge in [-0.15, -0.1) is 24.0 Å². The van der Waals surface area contributed by atoms with Gasteiger partial charge in [0, 0.05) is 40.3 Å². The second-order valence-electron chi connectivity index (χ2n) is 8.04. The molecule has 1 amide bonds. The monoisotopic (exact) mass is 535 g/mol. The summed E-state index contributed by atoms with van der Waals surface area (Å²) in [5, 5.41) is 3.46. The van der Waals surface area contributed by atoms with Gasteiger partial charge in [-0.05, 0) is 36.1 Å². The summed E-state index contributed by atoms with van der Waals surface area (Å²) in [5.41, 5.74) is 9.23. The van der Waals surface area contributed by atoms with Gasteiger partial charge in [0.2, 0.25) is 5.91 Å². The molecule has 2 aromatic rings. The van der Waals surface area contributed by atoms with Crippen LogP contribution in [0.1, 0.15) is 29.5 Å². The Morgan fingerprint density at radius 3 is 2.58 bits per heavy atom. The van der Waals surface area contributed by atoms with Crippen LogP contribution in [-0.4, -0.2) is 48.9 Å². The van der Waals surface area contributed by atoms with Crippen LogP contribution in [0.5, 0.6) is 0 Å². The number of halogens is 1. The Kier molecular flexibility index (Phi) is 10.3. The molecule has 168 valence electrons. The van der Waals surface area contributed by atoms with Gasteiger partial charge in [-0.2, -0.15) is 0 Å². The predicted octanol–water partition coefficient (Wildman–Crippen LogP) is 3.21. The van der Waals surface area contributed by atoms with Crippen molar-refractivity contribution in [2.45, 2.75) is 32.5 Å². The number of nitrogens with one attached hydrogen (secondary N) is 1. The second kappa shape index (κ2) is 12.7.